The summed E-state index contributed by atoms with van der Waals surface area (Å²) in [5, 5.41) is 0. The van der Waals surface area contributed by atoms with Gasteiger partial charge in [0.25, 0.3) is 10.1 Å². The van der Waals surface area contributed by atoms with Crippen LogP contribution in [0.2, 0.25) is 0 Å². The van der Waals surface area contributed by atoms with Gasteiger partial charge < -0.3 is 9.47 Å². The molecule has 0 N–H and O–H groups in total. The zero-order valence-electron chi connectivity index (χ0n) is 32.4. The lowest BCUT2D eigenvalue weighted by molar-refractivity contribution is -0.180. The molecule has 1 saturated heterocycles. The summed E-state index contributed by atoms with van der Waals surface area (Å²) in [6, 6.07) is 0. The van der Waals surface area contributed by atoms with Crippen molar-refractivity contribution >= 4 is 10.1 Å². The first-order chi connectivity index (χ1) is 23.9. The highest BCUT2D eigenvalue weighted by molar-refractivity contribution is 7.85. The van der Waals surface area contributed by atoms with E-state index in [1.807, 2.05) is 0 Å². The van der Waals surface area contributed by atoms with Crippen molar-refractivity contribution in [3.8, 4) is 0 Å². The van der Waals surface area contributed by atoms with Crippen LogP contribution in [0.1, 0.15) is 194 Å². The maximum Gasteiger partial charge on any atom is 0.264 e. The average molecular weight is 707 g/mol. The Balaban J connectivity index is 2.25. The fourth-order valence-electron chi connectivity index (χ4n) is 6.43. The molecule has 1 aliphatic rings. The van der Waals surface area contributed by atoms with Gasteiger partial charge in [0.05, 0.1) is 25.6 Å². The van der Waals surface area contributed by atoms with Crippen LogP contribution in [-0.2, 0) is 23.8 Å². The molecule has 0 saturated carbocycles. The van der Waals surface area contributed by atoms with Crippen LogP contribution in [0.25, 0.3) is 0 Å². The predicted octanol–water partition coefficient (Wildman–Crippen LogP) is 13.3. The molecule has 0 radical (unpaired) electrons. The van der Waals surface area contributed by atoms with E-state index in [0.29, 0.717) is 13.0 Å². The van der Waals surface area contributed by atoms with Crippen molar-refractivity contribution < 1.29 is 22.1 Å². The van der Waals surface area contributed by atoms with E-state index in [9.17, 15) is 8.42 Å². The summed E-state index contributed by atoms with van der Waals surface area (Å²) in [6.07, 6.45) is 53.0. The normalized spacial score (nSPS) is 16.8. The van der Waals surface area contributed by atoms with Crippen LogP contribution in [0.3, 0.4) is 0 Å². The van der Waals surface area contributed by atoms with E-state index in [0.717, 1.165) is 51.2 Å². The Morgan fingerprint density at radius 1 is 0.571 bits per heavy atom. The molecule has 0 aromatic rings. The maximum absolute atomic E-state index is 11.3. The van der Waals surface area contributed by atoms with Gasteiger partial charge in [-0.15, -0.1) is 0 Å². The van der Waals surface area contributed by atoms with E-state index < -0.39 is 15.9 Å². The van der Waals surface area contributed by atoms with Crippen LogP contribution in [0.15, 0.2) is 48.6 Å². The van der Waals surface area contributed by atoms with E-state index >= 15 is 0 Å². The molecule has 1 rings (SSSR count). The largest absolute Gasteiger partial charge is 0.347 e. The third-order valence-corrected chi connectivity index (χ3v) is 9.99. The molecule has 0 amide bonds. The Morgan fingerprint density at radius 2 is 0.980 bits per heavy atom. The number of unbranched alkanes of at least 4 members (excludes halogenated alkanes) is 18. The minimum Gasteiger partial charge on any atom is -0.347 e. The molecule has 0 spiro atoms. The van der Waals surface area contributed by atoms with Crippen molar-refractivity contribution in [1.82, 2.24) is 0 Å². The Morgan fingerprint density at radius 3 is 1.41 bits per heavy atom. The second kappa shape index (κ2) is 32.7. The summed E-state index contributed by atoms with van der Waals surface area (Å²) in [7, 11) is -3.39. The van der Waals surface area contributed by atoms with Gasteiger partial charge in [0.2, 0.25) is 0 Å². The molecule has 6 heteroatoms. The van der Waals surface area contributed by atoms with Gasteiger partial charge in [-0.2, -0.15) is 8.42 Å². The topological polar surface area (TPSA) is 61.8 Å². The standard InChI is InChI=1S/C43H78O5S/c1-4-6-8-10-12-14-16-18-20-22-24-26-28-30-32-34-38-43(46-41-42(48-43)37-36-40-47-49(3,44)45)39-35-33-31-29-27-25-23-21-19-17-15-13-11-9-7-5-2/h12-15,18-21,42H,4-11,16-17,22-41H2,1-3H3/b14-12-,15-13-,20-18-,21-19-. The molecule has 0 aliphatic carbocycles. The Bertz CT molecular complexity index is 903. The van der Waals surface area contributed by atoms with Crippen molar-refractivity contribution in [3.63, 3.8) is 0 Å². The molecule has 1 heterocycles. The van der Waals surface area contributed by atoms with E-state index in [4.69, 9.17) is 13.7 Å². The first kappa shape index (κ1) is 45.8. The van der Waals surface area contributed by atoms with E-state index in [1.165, 1.54) is 128 Å². The molecular formula is C43H78O5S. The summed E-state index contributed by atoms with van der Waals surface area (Å²) in [5.41, 5.74) is 0. The third-order valence-electron chi connectivity index (χ3n) is 9.40. The molecule has 0 aromatic heterocycles. The van der Waals surface area contributed by atoms with Crippen LogP contribution in [-0.4, -0.2) is 39.8 Å². The third kappa shape index (κ3) is 30.2. The van der Waals surface area contributed by atoms with Crippen molar-refractivity contribution in [2.45, 2.75) is 206 Å². The second-order valence-electron chi connectivity index (χ2n) is 14.3. The molecule has 1 atom stereocenters. The van der Waals surface area contributed by atoms with Crippen molar-refractivity contribution in [1.29, 1.82) is 0 Å². The lowest BCUT2D eigenvalue weighted by atomic mass is 9.98. The molecule has 0 bridgehead atoms. The highest BCUT2D eigenvalue weighted by Crippen LogP contribution is 2.36. The molecule has 1 unspecified atom stereocenters. The van der Waals surface area contributed by atoms with Gasteiger partial charge in [-0.3, -0.25) is 4.18 Å². The minimum absolute atomic E-state index is 0.0253. The molecule has 49 heavy (non-hydrogen) atoms. The van der Waals surface area contributed by atoms with Crippen molar-refractivity contribution in [2.24, 2.45) is 0 Å². The fraction of sp³-hybridized carbons (Fsp3) is 0.814. The van der Waals surface area contributed by atoms with Gasteiger partial charge in [-0.25, -0.2) is 0 Å². The minimum atomic E-state index is -3.39. The van der Waals surface area contributed by atoms with Gasteiger partial charge in [0.1, 0.15) is 0 Å². The van der Waals surface area contributed by atoms with Gasteiger partial charge in [0.15, 0.2) is 5.79 Å². The SMILES string of the molecule is CCCCC/C=C\C/C=C\CCCCCCCCC1(CCCCCCCC/C=C\C/C=C\CCCCC)OCC(CCCOS(C)(=O)=O)O1. The van der Waals surface area contributed by atoms with Gasteiger partial charge in [-0.1, -0.05) is 140 Å². The zero-order valence-corrected chi connectivity index (χ0v) is 33.2. The van der Waals surface area contributed by atoms with E-state index in [2.05, 4.69) is 62.5 Å². The van der Waals surface area contributed by atoms with E-state index in [1.54, 1.807) is 0 Å². The van der Waals surface area contributed by atoms with Crippen LogP contribution in [0, 0.1) is 0 Å². The quantitative estimate of drug-likeness (QED) is 0.0373. The number of hydrogen-bond donors (Lipinski definition) is 0. The number of hydrogen-bond acceptors (Lipinski definition) is 5. The first-order valence-corrected chi connectivity index (χ1v) is 22.5. The van der Waals surface area contributed by atoms with Gasteiger partial charge >= 0.3 is 0 Å². The Kier molecular flexibility index (Phi) is 30.6. The number of ether oxygens (including phenoxy) is 2. The van der Waals surface area contributed by atoms with Crippen LogP contribution < -0.4 is 0 Å². The number of allylic oxidation sites excluding steroid dienone is 8. The predicted molar refractivity (Wildman–Crippen MR) is 212 cm³/mol. The fourth-order valence-corrected chi connectivity index (χ4v) is 6.85. The monoisotopic (exact) mass is 707 g/mol. The van der Waals surface area contributed by atoms with Crippen LogP contribution >= 0.6 is 0 Å². The smallest absolute Gasteiger partial charge is 0.264 e. The van der Waals surface area contributed by atoms with Crippen molar-refractivity contribution in [3.05, 3.63) is 48.6 Å². The Labute approximate surface area is 304 Å². The van der Waals surface area contributed by atoms with Gasteiger partial charge in [-0.05, 0) is 89.9 Å². The lowest BCUT2D eigenvalue weighted by Crippen LogP contribution is -2.31. The lowest BCUT2D eigenvalue weighted by Gasteiger charge is -2.28. The summed E-state index contributed by atoms with van der Waals surface area (Å²) >= 11 is 0. The summed E-state index contributed by atoms with van der Waals surface area (Å²) < 4.78 is 40.5. The number of rotatable bonds is 35. The van der Waals surface area contributed by atoms with Crippen LogP contribution in [0.5, 0.6) is 0 Å². The molecule has 1 fully saturated rings. The Hall–Kier alpha value is -1.21. The molecule has 0 aromatic carbocycles. The highest BCUT2D eigenvalue weighted by Gasteiger charge is 2.40. The summed E-state index contributed by atoms with van der Waals surface area (Å²) in [6.45, 7) is 5.32. The first-order valence-electron chi connectivity index (χ1n) is 20.7. The zero-order chi connectivity index (χ0) is 35.6. The maximum atomic E-state index is 11.3. The van der Waals surface area contributed by atoms with Crippen molar-refractivity contribution in [2.75, 3.05) is 19.5 Å². The molecule has 286 valence electrons. The summed E-state index contributed by atoms with van der Waals surface area (Å²) in [5.74, 6) is -0.465. The van der Waals surface area contributed by atoms with Gasteiger partial charge in [0, 0.05) is 12.8 Å². The second-order valence-corrected chi connectivity index (χ2v) is 15.9. The molecule has 5 nitrogen and oxygen atoms in total. The van der Waals surface area contributed by atoms with Crippen LogP contribution in [0.4, 0.5) is 0 Å². The summed E-state index contributed by atoms with van der Waals surface area (Å²) in [4.78, 5) is 0. The highest BCUT2D eigenvalue weighted by atomic mass is 32.2. The van der Waals surface area contributed by atoms with E-state index in [-0.39, 0.29) is 12.7 Å². The molecule has 1 aliphatic heterocycles. The molecular weight excluding hydrogens is 629 g/mol. The average Bonchev–Trinajstić information content (AvgIpc) is 3.48.